The molecule has 1 aliphatic heterocycles. The van der Waals surface area contributed by atoms with Gasteiger partial charge >= 0.3 is 0 Å². The lowest BCUT2D eigenvalue weighted by atomic mass is 9.78. The minimum atomic E-state index is 0.116. The Morgan fingerprint density at radius 3 is 2.95 bits per heavy atom. The monoisotopic (exact) mass is 258 g/mol. The fourth-order valence-electron chi connectivity index (χ4n) is 3.83. The molecule has 0 spiro atoms. The topological polar surface area (TPSA) is 46.3 Å². The second-order valence-electron chi connectivity index (χ2n) is 5.70. The van der Waals surface area contributed by atoms with E-state index in [4.69, 9.17) is 5.73 Å². The van der Waals surface area contributed by atoms with Crippen molar-refractivity contribution in [1.29, 1.82) is 0 Å². The molecule has 102 valence electrons. The van der Waals surface area contributed by atoms with Gasteiger partial charge in [0.05, 0.1) is 6.54 Å². The van der Waals surface area contributed by atoms with E-state index in [-0.39, 0.29) is 12.5 Å². The number of hydrogen-bond acceptors (Lipinski definition) is 2. The number of rotatable bonds is 2. The number of nitrogens with zero attached hydrogens (tertiary/aromatic N) is 1. The van der Waals surface area contributed by atoms with Gasteiger partial charge in [0.25, 0.3) is 0 Å². The van der Waals surface area contributed by atoms with Gasteiger partial charge in [0, 0.05) is 18.5 Å². The highest BCUT2D eigenvalue weighted by molar-refractivity contribution is 5.78. The number of benzene rings is 1. The van der Waals surface area contributed by atoms with E-state index in [0.29, 0.717) is 12.0 Å². The standard InChI is InChI=1S/C16H22N2O/c17-11-16(19)18-10-4-9-15(18)14-8-3-6-12-5-1-2-7-13(12)14/h1-2,5,7,14-15H,3-4,6,8-11,17H2/t14-,15+/m0/s1. The molecule has 3 heteroatoms. The Morgan fingerprint density at radius 2 is 2.11 bits per heavy atom. The van der Waals surface area contributed by atoms with E-state index < -0.39 is 0 Å². The van der Waals surface area contributed by atoms with Gasteiger partial charge in [-0.2, -0.15) is 0 Å². The molecule has 1 amide bonds. The quantitative estimate of drug-likeness (QED) is 0.882. The highest BCUT2D eigenvalue weighted by Gasteiger charge is 2.36. The van der Waals surface area contributed by atoms with Crippen molar-refractivity contribution in [2.45, 2.75) is 44.1 Å². The number of likely N-dealkylation sites (tertiary alicyclic amines) is 1. The van der Waals surface area contributed by atoms with E-state index in [1.54, 1.807) is 0 Å². The molecule has 0 bridgehead atoms. The van der Waals surface area contributed by atoms with Crippen LogP contribution in [-0.2, 0) is 11.2 Å². The Hall–Kier alpha value is -1.35. The van der Waals surface area contributed by atoms with Crippen LogP contribution in [0, 0.1) is 0 Å². The van der Waals surface area contributed by atoms with Crippen molar-refractivity contribution in [2.24, 2.45) is 5.73 Å². The summed E-state index contributed by atoms with van der Waals surface area (Å²) in [5.74, 6) is 0.633. The lowest BCUT2D eigenvalue weighted by molar-refractivity contribution is -0.130. The van der Waals surface area contributed by atoms with Crippen LogP contribution in [0.2, 0.25) is 0 Å². The summed E-state index contributed by atoms with van der Waals surface area (Å²) in [5, 5.41) is 0. The third-order valence-corrected chi connectivity index (χ3v) is 4.67. The maximum Gasteiger partial charge on any atom is 0.236 e. The second kappa shape index (κ2) is 5.33. The van der Waals surface area contributed by atoms with Crippen LogP contribution in [0.1, 0.15) is 42.7 Å². The van der Waals surface area contributed by atoms with Crippen LogP contribution in [0.25, 0.3) is 0 Å². The fraction of sp³-hybridized carbons (Fsp3) is 0.562. The van der Waals surface area contributed by atoms with E-state index in [9.17, 15) is 4.79 Å². The molecule has 0 unspecified atom stereocenters. The van der Waals surface area contributed by atoms with Crippen LogP contribution in [0.3, 0.4) is 0 Å². The molecule has 2 aliphatic rings. The minimum Gasteiger partial charge on any atom is -0.338 e. The van der Waals surface area contributed by atoms with Crippen LogP contribution in [0.4, 0.5) is 0 Å². The van der Waals surface area contributed by atoms with Crippen molar-refractivity contribution in [3.63, 3.8) is 0 Å². The SMILES string of the molecule is NCC(=O)N1CCC[C@@H]1[C@H]1CCCc2ccccc21. The maximum absolute atomic E-state index is 12.0. The zero-order valence-corrected chi connectivity index (χ0v) is 11.3. The first-order valence-electron chi connectivity index (χ1n) is 7.38. The Kier molecular flexibility index (Phi) is 3.56. The lowest BCUT2D eigenvalue weighted by Crippen LogP contribution is -2.43. The number of fused-ring (bicyclic) bond motifs is 1. The van der Waals surface area contributed by atoms with Crippen LogP contribution in [-0.4, -0.2) is 29.9 Å². The molecule has 1 aromatic rings. The molecule has 0 saturated carbocycles. The van der Waals surface area contributed by atoms with Gasteiger partial charge in [-0.3, -0.25) is 4.79 Å². The Balaban J connectivity index is 1.88. The summed E-state index contributed by atoms with van der Waals surface area (Å²) in [5.41, 5.74) is 8.49. The van der Waals surface area contributed by atoms with Crippen LogP contribution < -0.4 is 5.73 Å². The third kappa shape index (κ3) is 2.27. The summed E-state index contributed by atoms with van der Waals surface area (Å²) in [6, 6.07) is 9.12. The largest absolute Gasteiger partial charge is 0.338 e. The van der Waals surface area contributed by atoms with Gasteiger partial charge in [0.15, 0.2) is 0 Å². The summed E-state index contributed by atoms with van der Waals surface area (Å²) in [6.07, 6.45) is 5.88. The Bertz CT molecular complexity index is 472. The van der Waals surface area contributed by atoms with E-state index in [1.807, 2.05) is 4.90 Å². The predicted molar refractivity (Wildman–Crippen MR) is 75.9 cm³/mol. The lowest BCUT2D eigenvalue weighted by Gasteiger charge is -2.35. The van der Waals surface area contributed by atoms with Gasteiger partial charge in [-0.1, -0.05) is 24.3 Å². The van der Waals surface area contributed by atoms with Crippen molar-refractivity contribution in [1.82, 2.24) is 4.90 Å². The molecule has 2 N–H and O–H groups in total. The summed E-state index contributed by atoms with van der Waals surface area (Å²) in [6.45, 7) is 1.03. The van der Waals surface area contributed by atoms with E-state index in [2.05, 4.69) is 24.3 Å². The van der Waals surface area contributed by atoms with Gasteiger partial charge in [-0.25, -0.2) is 0 Å². The van der Waals surface area contributed by atoms with Crippen molar-refractivity contribution >= 4 is 5.91 Å². The molecule has 1 aromatic carbocycles. The van der Waals surface area contributed by atoms with Gasteiger partial charge in [0.1, 0.15) is 0 Å². The molecule has 1 heterocycles. The number of nitrogens with two attached hydrogens (primary N) is 1. The molecule has 3 nitrogen and oxygen atoms in total. The van der Waals surface area contributed by atoms with Crippen molar-refractivity contribution in [3.8, 4) is 0 Å². The number of hydrogen-bond donors (Lipinski definition) is 1. The predicted octanol–water partition coefficient (Wildman–Crippen LogP) is 2.06. The molecule has 0 aromatic heterocycles. The maximum atomic E-state index is 12.0. The normalized spacial score (nSPS) is 26.3. The van der Waals surface area contributed by atoms with Gasteiger partial charge in [0.2, 0.25) is 5.91 Å². The van der Waals surface area contributed by atoms with Crippen LogP contribution >= 0.6 is 0 Å². The second-order valence-corrected chi connectivity index (χ2v) is 5.70. The summed E-state index contributed by atoms with van der Waals surface area (Å²) >= 11 is 0. The van der Waals surface area contributed by atoms with Gasteiger partial charge < -0.3 is 10.6 Å². The first-order valence-corrected chi connectivity index (χ1v) is 7.38. The van der Waals surface area contributed by atoms with Crippen molar-refractivity contribution in [3.05, 3.63) is 35.4 Å². The van der Waals surface area contributed by atoms with Gasteiger partial charge in [-0.05, 0) is 43.2 Å². The van der Waals surface area contributed by atoms with Crippen LogP contribution in [0.5, 0.6) is 0 Å². The van der Waals surface area contributed by atoms with E-state index in [1.165, 1.54) is 30.4 Å². The summed E-state index contributed by atoms with van der Waals surface area (Å²) in [7, 11) is 0. The molecule has 1 saturated heterocycles. The summed E-state index contributed by atoms with van der Waals surface area (Å²) in [4.78, 5) is 14.0. The molecule has 19 heavy (non-hydrogen) atoms. The number of amides is 1. The van der Waals surface area contributed by atoms with E-state index in [0.717, 1.165) is 19.4 Å². The molecule has 2 atom stereocenters. The highest BCUT2D eigenvalue weighted by Crippen LogP contribution is 2.39. The Morgan fingerprint density at radius 1 is 1.26 bits per heavy atom. The summed E-state index contributed by atoms with van der Waals surface area (Å²) < 4.78 is 0. The van der Waals surface area contributed by atoms with Crippen molar-refractivity contribution in [2.75, 3.05) is 13.1 Å². The average Bonchev–Trinajstić information content (AvgIpc) is 2.95. The molecule has 1 aliphatic carbocycles. The molecular weight excluding hydrogens is 236 g/mol. The number of carbonyl (C=O) groups excluding carboxylic acids is 1. The number of aryl methyl sites for hydroxylation is 1. The van der Waals surface area contributed by atoms with Gasteiger partial charge in [-0.15, -0.1) is 0 Å². The van der Waals surface area contributed by atoms with Crippen molar-refractivity contribution < 1.29 is 4.79 Å². The first-order chi connectivity index (χ1) is 9.31. The van der Waals surface area contributed by atoms with Crippen LogP contribution in [0.15, 0.2) is 24.3 Å². The highest BCUT2D eigenvalue weighted by atomic mass is 16.2. The molecule has 1 fully saturated rings. The zero-order valence-electron chi connectivity index (χ0n) is 11.3. The number of carbonyl (C=O) groups is 1. The average molecular weight is 258 g/mol. The minimum absolute atomic E-state index is 0.116. The Labute approximate surface area is 114 Å². The molecule has 3 rings (SSSR count). The zero-order chi connectivity index (χ0) is 13.2. The first kappa shape index (κ1) is 12.7. The molecular formula is C16H22N2O. The van der Waals surface area contributed by atoms with E-state index >= 15 is 0 Å². The third-order valence-electron chi connectivity index (χ3n) is 4.67. The smallest absolute Gasteiger partial charge is 0.236 e. The fourth-order valence-corrected chi connectivity index (χ4v) is 3.83. The molecule has 0 radical (unpaired) electrons.